The highest BCUT2D eigenvalue weighted by Crippen LogP contribution is 2.26. The van der Waals surface area contributed by atoms with E-state index in [1.165, 1.54) is 55.7 Å². The minimum Gasteiger partial charge on any atom is -0.369 e. The van der Waals surface area contributed by atoms with Gasteiger partial charge < -0.3 is 4.90 Å². The zero-order valence-electron chi connectivity index (χ0n) is 11.7. The molecule has 1 unspecified atom stereocenters. The number of anilines is 1. The van der Waals surface area contributed by atoms with E-state index in [4.69, 9.17) is 11.6 Å². The van der Waals surface area contributed by atoms with Gasteiger partial charge in [0.25, 0.3) is 0 Å². The van der Waals surface area contributed by atoms with Gasteiger partial charge in [0, 0.05) is 37.2 Å². The van der Waals surface area contributed by atoms with Gasteiger partial charge in [-0.2, -0.15) is 0 Å². The Balaban J connectivity index is 1.74. The van der Waals surface area contributed by atoms with Gasteiger partial charge in [-0.1, -0.05) is 12.5 Å². The van der Waals surface area contributed by atoms with Crippen LogP contribution >= 0.6 is 11.6 Å². The van der Waals surface area contributed by atoms with E-state index in [1.807, 2.05) is 0 Å². The molecule has 19 heavy (non-hydrogen) atoms. The van der Waals surface area contributed by atoms with Gasteiger partial charge in [0.1, 0.15) is 0 Å². The largest absolute Gasteiger partial charge is 0.369 e. The zero-order chi connectivity index (χ0) is 13.2. The fourth-order valence-electron chi connectivity index (χ4n) is 3.42. The van der Waals surface area contributed by atoms with E-state index < -0.39 is 0 Å². The van der Waals surface area contributed by atoms with E-state index in [-0.39, 0.29) is 0 Å². The predicted molar refractivity (Wildman–Crippen MR) is 82.2 cm³/mol. The molecule has 104 valence electrons. The molecule has 1 atom stereocenters. The minimum absolute atomic E-state index is 0.614. The number of nitrogens with zero attached hydrogens (tertiary/aromatic N) is 2. The smallest absolute Gasteiger partial charge is 0.0476 e. The Hall–Kier alpha value is -0.730. The summed E-state index contributed by atoms with van der Waals surface area (Å²) in [7, 11) is 0. The van der Waals surface area contributed by atoms with Crippen molar-refractivity contribution in [3.8, 4) is 0 Å². The molecule has 1 aromatic rings. The summed E-state index contributed by atoms with van der Waals surface area (Å²) in [6, 6.07) is 7.50. The molecule has 0 aromatic heterocycles. The molecular weight excluding hydrogens is 256 g/mol. The first kappa shape index (κ1) is 13.3. The summed E-state index contributed by atoms with van der Waals surface area (Å²) < 4.78 is 0. The molecule has 0 aliphatic carbocycles. The van der Waals surface area contributed by atoms with Gasteiger partial charge in [0.2, 0.25) is 0 Å². The van der Waals surface area contributed by atoms with Crippen LogP contribution in [-0.2, 0) is 5.88 Å². The molecule has 2 heterocycles. The van der Waals surface area contributed by atoms with Gasteiger partial charge in [-0.05, 0) is 49.6 Å². The Kier molecular flexibility index (Phi) is 3.99. The van der Waals surface area contributed by atoms with Gasteiger partial charge >= 0.3 is 0 Å². The molecule has 1 aromatic carbocycles. The van der Waals surface area contributed by atoms with Crippen LogP contribution in [0.2, 0.25) is 0 Å². The SMILES string of the molecule is Cc1cc(N2CCN3CCCCC3C2)ccc1CCl. The Morgan fingerprint density at radius 2 is 2.11 bits per heavy atom. The van der Waals surface area contributed by atoms with Gasteiger partial charge in [0.15, 0.2) is 0 Å². The molecule has 2 fully saturated rings. The molecule has 0 bridgehead atoms. The first-order valence-electron chi connectivity index (χ1n) is 7.42. The molecule has 0 spiro atoms. The van der Waals surface area contributed by atoms with Crippen LogP contribution in [0, 0.1) is 6.92 Å². The van der Waals surface area contributed by atoms with Crippen molar-refractivity contribution in [2.45, 2.75) is 38.1 Å². The molecule has 3 heteroatoms. The van der Waals surface area contributed by atoms with Crippen LogP contribution < -0.4 is 4.90 Å². The summed E-state index contributed by atoms with van der Waals surface area (Å²) in [5.74, 6) is 0.614. The summed E-state index contributed by atoms with van der Waals surface area (Å²) in [4.78, 5) is 5.23. The van der Waals surface area contributed by atoms with Crippen molar-refractivity contribution in [2.75, 3.05) is 31.1 Å². The summed E-state index contributed by atoms with van der Waals surface area (Å²) in [5.41, 5.74) is 3.94. The number of hydrogen-bond acceptors (Lipinski definition) is 2. The Labute approximate surface area is 121 Å². The number of benzene rings is 1. The van der Waals surface area contributed by atoms with Crippen LogP contribution in [-0.4, -0.2) is 37.1 Å². The van der Waals surface area contributed by atoms with Crippen LogP contribution in [0.1, 0.15) is 30.4 Å². The van der Waals surface area contributed by atoms with E-state index in [1.54, 1.807) is 0 Å². The van der Waals surface area contributed by atoms with Crippen LogP contribution in [0.4, 0.5) is 5.69 Å². The van der Waals surface area contributed by atoms with Crippen LogP contribution in [0.5, 0.6) is 0 Å². The van der Waals surface area contributed by atoms with Crippen molar-refractivity contribution >= 4 is 17.3 Å². The van der Waals surface area contributed by atoms with Crippen molar-refractivity contribution in [3.63, 3.8) is 0 Å². The molecule has 2 nitrogen and oxygen atoms in total. The van der Waals surface area contributed by atoms with E-state index in [0.29, 0.717) is 5.88 Å². The van der Waals surface area contributed by atoms with E-state index >= 15 is 0 Å². The predicted octanol–water partition coefficient (Wildman–Crippen LogP) is 3.41. The first-order chi connectivity index (χ1) is 9.28. The molecule has 2 aliphatic rings. The lowest BCUT2D eigenvalue weighted by atomic mass is 9.99. The molecule has 2 aliphatic heterocycles. The Bertz CT molecular complexity index is 446. The highest BCUT2D eigenvalue weighted by atomic mass is 35.5. The monoisotopic (exact) mass is 278 g/mol. The lowest BCUT2D eigenvalue weighted by Gasteiger charge is -2.45. The van der Waals surface area contributed by atoms with Gasteiger partial charge in [0.05, 0.1) is 0 Å². The second kappa shape index (κ2) is 5.72. The lowest BCUT2D eigenvalue weighted by molar-refractivity contribution is 0.133. The first-order valence-corrected chi connectivity index (χ1v) is 7.96. The maximum atomic E-state index is 5.94. The van der Waals surface area contributed by atoms with Crippen molar-refractivity contribution in [2.24, 2.45) is 0 Å². The summed E-state index contributed by atoms with van der Waals surface area (Å²) in [6.45, 7) is 7.05. The van der Waals surface area contributed by atoms with Crippen molar-refractivity contribution < 1.29 is 0 Å². The third kappa shape index (κ3) is 2.75. The number of halogens is 1. The van der Waals surface area contributed by atoms with E-state index in [2.05, 4.69) is 34.9 Å². The average molecular weight is 279 g/mol. The van der Waals surface area contributed by atoms with Gasteiger partial charge in [-0.25, -0.2) is 0 Å². The Morgan fingerprint density at radius 1 is 1.21 bits per heavy atom. The molecule has 0 N–H and O–H groups in total. The van der Waals surface area contributed by atoms with E-state index in [9.17, 15) is 0 Å². The van der Waals surface area contributed by atoms with Crippen molar-refractivity contribution in [1.29, 1.82) is 0 Å². The van der Waals surface area contributed by atoms with Crippen molar-refractivity contribution in [3.05, 3.63) is 29.3 Å². The molecule has 3 rings (SSSR count). The number of aryl methyl sites for hydroxylation is 1. The lowest BCUT2D eigenvalue weighted by Crippen LogP contribution is -2.54. The van der Waals surface area contributed by atoms with Gasteiger partial charge in [-0.3, -0.25) is 4.90 Å². The fraction of sp³-hybridized carbons (Fsp3) is 0.625. The number of rotatable bonds is 2. The summed E-state index contributed by atoms with van der Waals surface area (Å²) >= 11 is 5.94. The fourth-order valence-corrected chi connectivity index (χ4v) is 3.72. The zero-order valence-corrected chi connectivity index (χ0v) is 12.5. The maximum absolute atomic E-state index is 5.94. The third-order valence-corrected chi connectivity index (χ3v) is 4.96. The maximum Gasteiger partial charge on any atom is 0.0476 e. The molecule has 0 amide bonds. The van der Waals surface area contributed by atoms with Crippen LogP contribution in [0.15, 0.2) is 18.2 Å². The number of piperazine rings is 1. The van der Waals surface area contributed by atoms with E-state index in [0.717, 1.165) is 12.6 Å². The topological polar surface area (TPSA) is 6.48 Å². The summed E-state index contributed by atoms with van der Waals surface area (Å²) in [5, 5.41) is 0. The van der Waals surface area contributed by atoms with Crippen molar-refractivity contribution in [1.82, 2.24) is 4.90 Å². The summed E-state index contributed by atoms with van der Waals surface area (Å²) in [6.07, 6.45) is 4.16. The quantitative estimate of drug-likeness (QED) is 0.765. The van der Waals surface area contributed by atoms with Crippen LogP contribution in [0.3, 0.4) is 0 Å². The molecular formula is C16H23ClN2. The highest BCUT2D eigenvalue weighted by Gasteiger charge is 2.28. The third-order valence-electron chi connectivity index (χ3n) is 4.67. The standard InChI is InChI=1S/C16H23ClN2/c1-13-10-15(6-5-14(13)11-17)19-9-8-18-7-3-2-4-16(18)12-19/h5-6,10,16H,2-4,7-9,11-12H2,1H3. The average Bonchev–Trinajstić information content (AvgIpc) is 2.46. The molecule has 0 saturated carbocycles. The number of hydrogen-bond donors (Lipinski definition) is 0. The normalized spacial score (nSPS) is 24.3. The van der Waals surface area contributed by atoms with Crippen LogP contribution in [0.25, 0.3) is 0 Å². The number of fused-ring (bicyclic) bond motifs is 1. The molecule has 0 radical (unpaired) electrons. The Morgan fingerprint density at radius 3 is 2.89 bits per heavy atom. The van der Waals surface area contributed by atoms with Gasteiger partial charge in [-0.15, -0.1) is 11.6 Å². The minimum atomic E-state index is 0.614. The number of alkyl halides is 1. The second-order valence-electron chi connectivity index (χ2n) is 5.88. The number of piperidine rings is 1. The second-order valence-corrected chi connectivity index (χ2v) is 6.14. The highest BCUT2D eigenvalue weighted by molar-refractivity contribution is 6.17. The molecule has 2 saturated heterocycles.